The van der Waals surface area contributed by atoms with E-state index in [1.807, 2.05) is 14.1 Å². The van der Waals surface area contributed by atoms with E-state index >= 15 is 0 Å². The van der Waals surface area contributed by atoms with Crippen molar-refractivity contribution in [1.29, 1.82) is 0 Å². The predicted octanol–water partition coefficient (Wildman–Crippen LogP) is 9.26. The number of rotatable bonds is 28. The quantitative estimate of drug-likeness (QED) is 0.0732. The minimum Gasteiger partial charge on any atom is -0.462 e. The van der Waals surface area contributed by atoms with Crippen molar-refractivity contribution in [2.45, 2.75) is 168 Å². The van der Waals surface area contributed by atoms with Crippen LogP contribution in [0.5, 0.6) is 0 Å². The molecule has 0 spiro atoms. The first-order valence-corrected chi connectivity index (χ1v) is 16.4. The fourth-order valence-electron chi connectivity index (χ4n) is 4.93. The third-order valence-electron chi connectivity index (χ3n) is 7.47. The maximum absolute atomic E-state index is 13.1. The molecule has 5 heteroatoms. The van der Waals surface area contributed by atoms with Crippen LogP contribution in [0.3, 0.4) is 0 Å². The summed E-state index contributed by atoms with van der Waals surface area (Å²) in [6.45, 7) is 7.86. The van der Waals surface area contributed by atoms with Gasteiger partial charge in [0.2, 0.25) is 0 Å². The molecule has 0 aromatic carbocycles. The molecule has 2 atom stereocenters. The van der Waals surface area contributed by atoms with Crippen molar-refractivity contribution < 1.29 is 19.1 Å². The average molecular weight is 540 g/mol. The summed E-state index contributed by atoms with van der Waals surface area (Å²) in [5, 5.41) is 0. The Balaban J connectivity index is 4.75. The summed E-state index contributed by atoms with van der Waals surface area (Å²) in [4.78, 5) is 27.8. The molecule has 38 heavy (non-hydrogen) atoms. The molecule has 0 aliphatic heterocycles. The maximum Gasteiger partial charge on any atom is 0.309 e. The zero-order valence-corrected chi connectivity index (χ0v) is 26.2. The van der Waals surface area contributed by atoms with Crippen LogP contribution < -0.4 is 0 Å². The minimum atomic E-state index is -0.319. The van der Waals surface area contributed by atoms with E-state index in [1.165, 1.54) is 77.0 Å². The highest BCUT2D eigenvalue weighted by molar-refractivity contribution is 5.72. The van der Waals surface area contributed by atoms with Crippen molar-refractivity contribution in [2.75, 3.05) is 27.2 Å². The Kier molecular flexibility index (Phi) is 26.7. The molecule has 0 fully saturated rings. The molecule has 0 saturated heterocycles. The van der Waals surface area contributed by atoms with Gasteiger partial charge in [-0.2, -0.15) is 0 Å². The van der Waals surface area contributed by atoms with Crippen LogP contribution in [0.25, 0.3) is 0 Å². The van der Waals surface area contributed by atoms with Crippen molar-refractivity contribution in [3.63, 3.8) is 0 Å². The standard InChI is InChI=1S/C33H65NO4/c1-6-9-12-15-16-18-20-25-30(24-19-17-13-10-7-2)33(36)37-29-31(26-21-14-11-8-3)38-32(35)27-22-23-28-34(4)5/h30-31H,6-29H2,1-5H3. The first-order chi connectivity index (χ1) is 18.4. The van der Waals surface area contributed by atoms with Gasteiger partial charge >= 0.3 is 11.9 Å². The summed E-state index contributed by atoms with van der Waals surface area (Å²) in [5.41, 5.74) is 0. The Morgan fingerprint density at radius 2 is 1.08 bits per heavy atom. The van der Waals surface area contributed by atoms with Gasteiger partial charge in [0.25, 0.3) is 0 Å². The molecule has 0 radical (unpaired) electrons. The van der Waals surface area contributed by atoms with Gasteiger partial charge in [0.1, 0.15) is 12.7 Å². The van der Waals surface area contributed by atoms with Gasteiger partial charge in [-0.3, -0.25) is 9.59 Å². The molecule has 0 aliphatic carbocycles. The molecule has 0 amide bonds. The second-order valence-corrected chi connectivity index (χ2v) is 11.7. The summed E-state index contributed by atoms with van der Waals surface area (Å²) in [6, 6.07) is 0. The van der Waals surface area contributed by atoms with E-state index < -0.39 is 0 Å². The molecule has 0 bridgehead atoms. The predicted molar refractivity (Wildman–Crippen MR) is 161 cm³/mol. The van der Waals surface area contributed by atoms with Crippen LogP contribution in [0, 0.1) is 5.92 Å². The summed E-state index contributed by atoms with van der Waals surface area (Å²) in [5.74, 6) is -0.252. The van der Waals surface area contributed by atoms with E-state index in [0.717, 1.165) is 64.3 Å². The Morgan fingerprint density at radius 3 is 1.61 bits per heavy atom. The van der Waals surface area contributed by atoms with E-state index in [-0.39, 0.29) is 30.6 Å². The summed E-state index contributed by atoms with van der Waals surface area (Å²) >= 11 is 0. The molecule has 0 aromatic rings. The first-order valence-electron chi connectivity index (χ1n) is 16.4. The van der Waals surface area contributed by atoms with Crippen LogP contribution in [-0.4, -0.2) is 50.2 Å². The lowest BCUT2D eigenvalue weighted by Gasteiger charge is -2.21. The van der Waals surface area contributed by atoms with Crippen LogP contribution >= 0.6 is 0 Å². The molecule has 2 unspecified atom stereocenters. The lowest BCUT2D eigenvalue weighted by molar-refractivity contribution is -0.162. The molecule has 5 nitrogen and oxygen atoms in total. The topological polar surface area (TPSA) is 55.8 Å². The van der Waals surface area contributed by atoms with Crippen molar-refractivity contribution in [3.8, 4) is 0 Å². The number of hydrogen-bond acceptors (Lipinski definition) is 5. The molecule has 226 valence electrons. The largest absolute Gasteiger partial charge is 0.462 e. The third kappa shape index (κ3) is 24.0. The lowest BCUT2D eigenvalue weighted by Crippen LogP contribution is -2.28. The van der Waals surface area contributed by atoms with E-state index in [9.17, 15) is 9.59 Å². The van der Waals surface area contributed by atoms with Crippen LogP contribution in [0.1, 0.15) is 162 Å². The Morgan fingerprint density at radius 1 is 0.605 bits per heavy atom. The molecular formula is C33H65NO4. The van der Waals surface area contributed by atoms with Crippen LogP contribution in [0.15, 0.2) is 0 Å². The molecular weight excluding hydrogens is 474 g/mol. The average Bonchev–Trinajstić information content (AvgIpc) is 2.89. The number of esters is 2. The highest BCUT2D eigenvalue weighted by Gasteiger charge is 2.22. The lowest BCUT2D eigenvalue weighted by atomic mass is 9.94. The maximum atomic E-state index is 13.1. The van der Waals surface area contributed by atoms with E-state index in [1.54, 1.807) is 0 Å². The zero-order valence-electron chi connectivity index (χ0n) is 26.2. The van der Waals surface area contributed by atoms with Crippen molar-refractivity contribution in [3.05, 3.63) is 0 Å². The van der Waals surface area contributed by atoms with Gasteiger partial charge < -0.3 is 14.4 Å². The Labute approximate surface area is 237 Å². The molecule has 0 aromatic heterocycles. The second-order valence-electron chi connectivity index (χ2n) is 11.7. The number of ether oxygens (including phenoxy) is 2. The van der Waals surface area contributed by atoms with E-state index in [4.69, 9.17) is 9.47 Å². The molecule has 0 heterocycles. The van der Waals surface area contributed by atoms with E-state index in [2.05, 4.69) is 25.7 Å². The van der Waals surface area contributed by atoms with Crippen molar-refractivity contribution in [2.24, 2.45) is 5.92 Å². The van der Waals surface area contributed by atoms with Crippen LogP contribution in [0.4, 0.5) is 0 Å². The van der Waals surface area contributed by atoms with Gasteiger partial charge in [-0.15, -0.1) is 0 Å². The fraction of sp³-hybridized carbons (Fsp3) is 0.939. The first kappa shape index (κ1) is 36.9. The van der Waals surface area contributed by atoms with Gasteiger partial charge in [0.15, 0.2) is 0 Å². The zero-order chi connectivity index (χ0) is 28.3. The number of carbonyl (C=O) groups excluding carboxylic acids is 2. The Bertz CT molecular complexity index is 537. The van der Waals surface area contributed by atoms with Crippen molar-refractivity contribution in [1.82, 2.24) is 4.90 Å². The highest BCUT2D eigenvalue weighted by Crippen LogP contribution is 2.21. The Hall–Kier alpha value is -1.10. The van der Waals surface area contributed by atoms with Crippen LogP contribution in [0.2, 0.25) is 0 Å². The summed E-state index contributed by atoms with van der Waals surface area (Å²) in [6.07, 6.45) is 23.9. The molecule has 0 aliphatic rings. The van der Waals surface area contributed by atoms with E-state index in [0.29, 0.717) is 6.42 Å². The molecule has 0 saturated carbocycles. The fourth-order valence-corrected chi connectivity index (χ4v) is 4.93. The number of hydrogen-bond donors (Lipinski definition) is 0. The van der Waals surface area contributed by atoms with Gasteiger partial charge in [-0.05, 0) is 59.2 Å². The summed E-state index contributed by atoms with van der Waals surface area (Å²) in [7, 11) is 4.09. The second kappa shape index (κ2) is 27.5. The smallest absolute Gasteiger partial charge is 0.309 e. The highest BCUT2D eigenvalue weighted by atomic mass is 16.6. The van der Waals surface area contributed by atoms with Gasteiger partial charge in [-0.1, -0.05) is 117 Å². The number of carbonyl (C=O) groups is 2. The number of unbranched alkanes of at least 4 members (excludes halogenated alkanes) is 14. The normalized spacial score (nSPS) is 13.0. The van der Waals surface area contributed by atoms with Gasteiger partial charge in [-0.25, -0.2) is 0 Å². The van der Waals surface area contributed by atoms with Gasteiger partial charge in [0, 0.05) is 6.42 Å². The minimum absolute atomic E-state index is 0.0188. The number of nitrogens with zero attached hydrogens (tertiary/aromatic N) is 1. The molecule has 0 N–H and O–H groups in total. The van der Waals surface area contributed by atoms with Crippen LogP contribution in [-0.2, 0) is 19.1 Å². The van der Waals surface area contributed by atoms with Gasteiger partial charge in [0.05, 0.1) is 5.92 Å². The summed E-state index contributed by atoms with van der Waals surface area (Å²) < 4.78 is 11.7. The SMILES string of the molecule is CCCCCCCCCC(CCCCCCC)C(=O)OCC(CCCCCC)OC(=O)CCCCN(C)C. The third-order valence-corrected chi connectivity index (χ3v) is 7.47. The monoisotopic (exact) mass is 539 g/mol. The van der Waals surface area contributed by atoms with Crippen molar-refractivity contribution >= 4 is 11.9 Å². The molecule has 0 rings (SSSR count).